The average molecular weight is 290 g/mol. The fourth-order valence-electron chi connectivity index (χ4n) is 2.23. The van der Waals surface area contributed by atoms with Gasteiger partial charge in [0, 0.05) is 0 Å². The molecule has 7 nitrogen and oxygen atoms in total. The lowest BCUT2D eigenvalue weighted by Crippen LogP contribution is -2.47. The van der Waals surface area contributed by atoms with E-state index in [2.05, 4.69) is 10.6 Å². The molecule has 1 saturated carbocycles. The van der Waals surface area contributed by atoms with Gasteiger partial charge >= 0.3 is 5.97 Å². The van der Waals surface area contributed by atoms with Gasteiger partial charge in [-0.3, -0.25) is 9.59 Å². The van der Waals surface area contributed by atoms with Gasteiger partial charge in [-0.25, -0.2) is 4.79 Å². The van der Waals surface area contributed by atoms with Crippen LogP contribution in [0.15, 0.2) is 24.3 Å². The zero-order chi connectivity index (χ0) is 15.0. The summed E-state index contributed by atoms with van der Waals surface area (Å²) >= 11 is 0. The number of ether oxygens (including phenoxy) is 1. The molecule has 1 atom stereocenters. The quantitative estimate of drug-likeness (QED) is 0.749. The first-order valence-electron chi connectivity index (χ1n) is 6.61. The van der Waals surface area contributed by atoms with Crippen molar-refractivity contribution in [2.45, 2.75) is 30.9 Å². The first-order valence-corrected chi connectivity index (χ1v) is 6.61. The van der Waals surface area contributed by atoms with Crippen molar-refractivity contribution in [2.24, 2.45) is 0 Å². The smallest absolute Gasteiger partial charge is 0.329 e. The molecule has 2 aliphatic rings. The van der Waals surface area contributed by atoms with Crippen molar-refractivity contribution in [1.29, 1.82) is 0 Å². The van der Waals surface area contributed by atoms with E-state index >= 15 is 0 Å². The van der Waals surface area contributed by atoms with E-state index in [4.69, 9.17) is 9.84 Å². The number of para-hydroxylation sites is 2. The number of carbonyl (C=O) groups is 3. The Balaban J connectivity index is 1.65. The molecule has 1 aliphatic carbocycles. The summed E-state index contributed by atoms with van der Waals surface area (Å²) in [7, 11) is 0. The topological polar surface area (TPSA) is 105 Å². The Morgan fingerprint density at radius 3 is 2.76 bits per heavy atom. The zero-order valence-electron chi connectivity index (χ0n) is 11.1. The highest BCUT2D eigenvalue weighted by Crippen LogP contribution is 2.36. The Hall–Kier alpha value is -2.57. The fraction of sp³-hybridized carbons (Fsp3) is 0.357. The minimum absolute atomic E-state index is 0.213. The number of carboxylic acid groups (broad SMARTS) is 1. The minimum atomic E-state index is -1.15. The van der Waals surface area contributed by atoms with E-state index in [-0.39, 0.29) is 6.42 Å². The molecule has 0 radical (unpaired) electrons. The van der Waals surface area contributed by atoms with Gasteiger partial charge in [0.2, 0.25) is 5.91 Å². The molecule has 3 rings (SSSR count). The molecule has 0 aromatic heterocycles. The van der Waals surface area contributed by atoms with Gasteiger partial charge in [-0.15, -0.1) is 0 Å². The second kappa shape index (κ2) is 4.76. The van der Waals surface area contributed by atoms with E-state index in [1.54, 1.807) is 24.3 Å². The summed E-state index contributed by atoms with van der Waals surface area (Å²) in [6, 6.07) is 6.92. The lowest BCUT2D eigenvalue weighted by molar-refractivity contribution is -0.143. The van der Waals surface area contributed by atoms with Gasteiger partial charge < -0.3 is 20.5 Å². The number of benzene rings is 1. The summed E-state index contributed by atoms with van der Waals surface area (Å²) in [5.41, 5.74) is -0.594. The fourth-order valence-corrected chi connectivity index (χ4v) is 2.23. The van der Waals surface area contributed by atoms with Gasteiger partial charge in [-0.1, -0.05) is 12.1 Å². The monoisotopic (exact) mass is 290 g/mol. The molecule has 110 valence electrons. The third-order valence-electron chi connectivity index (χ3n) is 3.62. The third-order valence-corrected chi connectivity index (χ3v) is 3.62. The average Bonchev–Trinajstić information content (AvgIpc) is 3.20. The number of amides is 2. The lowest BCUT2D eigenvalue weighted by Gasteiger charge is -2.25. The summed E-state index contributed by atoms with van der Waals surface area (Å²) in [6.45, 7) is 0. The molecule has 1 aromatic rings. The Morgan fingerprint density at radius 1 is 1.38 bits per heavy atom. The van der Waals surface area contributed by atoms with Crippen molar-refractivity contribution >= 4 is 23.5 Å². The largest absolute Gasteiger partial charge is 0.480 e. The summed E-state index contributed by atoms with van der Waals surface area (Å²) < 4.78 is 5.49. The molecule has 1 heterocycles. The first kappa shape index (κ1) is 13.4. The van der Waals surface area contributed by atoms with Crippen LogP contribution in [0.3, 0.4) is 0 Å². The van der Waals surface area contributed by atoms with Gasteiger partial charge in [0.05, 0.1) is 12.1 Å². The number of aliphatic carboxylic acids is 1. The SMILES string of the molecule is O=C(CC1Oc2ccccc2NC1=O)NC1(C(=O)O)CC1. The maximum atomic E-state index is 11.9. The van der Waals surface area contributed by atoms with E-state index in [0.29, 0.717) is 24.3 Å². The van der Waals surface area contributed by atoms with Crippen molar-refractivity contribution in [3.05, 3.63) is 24.3 Å². The number of anilines is 1. The van der Waals surface area contributed by atoms with Crippen LogP contribution in [0.2, 0.25) is 0 Å². The van der Waals surface area contributed by atoms with Crippen LogP contribution >= 0.6 is 0 Å². The molecule has 2 amide bonds. The summed E-state index contributed by atoms with van der Waals surface area (Å²) in [5.74, 6) is -1.47. The van der Waals surface area contributed by atoms with E-state index in [1.807, 2.05) is 0 Å². The molecular weight excluding hydrogens is 276 g/mol. The Labute approximate surface area is 120 Å². The van der Waals surface area contributed by atoms with Crippen LogP contribution in [-0.2, 0) is 14.4 Å². The predicted octanol–water partition coefficient (Wildman–Crippen LogP) is 0.510. The van der Waals surface area contributed by atoms with Crippen LogP contribution in [0.5, 0.6) is 5.75 Å². The second-order valence-corrected chi connectivity index (χ2v) is 5.23. The van der Waals surface area contributed by atoms with Crippen molar-refractivity contribution < 1.29 is 24.2 Å². The lowest BCUT2D eigenvalue weighted by atomic mass is 10.1. The number of rotatable bonds is 4. The highest BCUT2D eigenvalue weighted by molar-refractivity contribution is 6.00. The van der Waals surface area contributed by atoms with Crippen LogP contribution in [0.25, 0.3) is 0 Å². The highest BCUT2D eigenvalue weighted by atomic mass is 16.5. The van der Waals surface area contributed by atoms with Crippen molar-refractivity contribution in [3.63, 3.8) is 0 Å². The molecule has 1 aliphatic heterocycles. The van der Waals surface area contributed by atoms with E-state index in [1.165, 1.54) is 0 Å². The molecule has 3 N–H and O–H groups in total. The van der Waals surface area contributed by atoms with Crippen LogP contribution in [-0.4, -0.2) is 34.5 Å². The number of hydrogen-bond donors (Lipinski definition) is 3. The maximum absolute atomic E-state index is 11.9. The molecule has 1 fully saturated rings. The summed E-state index contributed by atoms with van der Waals surface area (Å²) in [6.07, 6.45) is -0.345. The molecular formula is C14H14N2O5. The molecule has 1 aromatic carbocycles. The number of hydrogen-bond acceptors (Lipinski definition) is 4. The molecule has 0 spiro atoms. The third kappa shape index (κ3) is 2.54. The standard InChI is InChI=1S/C14H14N2O5/c17-11(16-14(5-6-14)13(19)20)7-10-12(18)15-8-3-1-2-4-9(8)21-10/h1-4,10H,5-7H2,(H,15,18)(H,16,17)(H,19,20). The first-order chi connectivity index (χ1) is 10.00. The van der Waals surface area contributed by atoms with Gasteiger partial charge in [-0.2, -0.15) is 0 Å². The van der Waals surface area contributed by atoms with Crippen molar-refractivity contribution in [3.8, 4) is 5.75 Å². The Bertz CT molecular complexity index is 624. The number of nitrogens with one attached hydrogen (secondary N) is 2. The van der Waals surface area contributed by atoms with Crippen LogP contribution < -0.4 is 15.4 Å². The zero-order valence-corrected chi connectivity index (χ0v) is 11.1. The number of carboxylic acids is 1. The molecule has 0 saturated heterocycles. The van der Waals surface area contributed by atoms with Crippen molar-refractivity contribution in [2.75, 3.05) is 5.32 Å². The highest BCUT2D eigenvalue weighted by Gasteiger charge is 2.51. The molecule has 7 heteroatoms. The van der Waals surface area contributed by atoms with Gasteiger partial charge in [0.25, 0.3) is 5.91 Å². The molecule has 21 heavy (non-hydrogen) atoms. The molecule has 1 unspecified atom stereocenters. The second-order valence-electron chi connectivity index (χ2n) is 5.23. The number of carbonyl (C=O) groups excluding carboxylic acids is 2. The van der Waals surface area contributed by atoms with E-state index < -0.39 is 29.4 Å². The van der Waals surface area contributed by atoms with Crippen LogP contribution in [0.4, 0.5) is 5.69 Å². The van der Waals surface area contributed by atoms with Gasteiger partial charge in [0.15, 0.2) is 6.10 Å². The number of fused-ring (bicyclic) bond motifs is 1. The minimum Gasteiger partial charge on any atom is -0.480 e. The Kier molecular flexibility index (Phi) is 3.04. The Morgan fingerprint density at radius 2 is 2.10 bits per heavy atom. The van der Waals surface area contributed by atoms with Crippen LogP contribution in [0.1, 0.15) is 19.3 Å². The normalized spacial score (nSPS) is 21.5. The summed E-state index contributed by atoms with van der Waals surface area (Å²) in [4.78, 5) is 34.8. The maximum Gasteiger partial charge on any atom is 0.329 e. The van der Waals surface area contributed by atoms with Crippen molar-refractivity contribution in [1.82, 2.24) is 5.32 Å². The predicted molar refractivity (Wildman–Crippen MR) is 71.8 cm³/mol. The van der Waals surface area contributed by atoms with Gasteiger partial charge in [0.1, 0.15) is 11.3 Å². The molecule has 0 bridgehead atoms. The van der Waals surface area contributed by atoms with E-state index in [0.717, 1.165) is 0 Å². The van der Waals surface area contributed by atoms with E-state index in [9.17, 15) is 14.4 Å². The van der Waals surface area contributed by atoms with Crippen LogP contribution in [0, 0.1) is 0 Å². The summed E-state index contributed by atoms with van der Waals surface area (Å²) in [5, 5.41) is 14.1. The van der Waals surface area contributed by atoms with Gasteiger partial charge in [-0.05, 0) is 25.0 Å².